The van der Waals surface area contributed by atoms with E-state index in [9.17, 15) is 9.59 Å². The highest BCUT2D eigenvalue weighted by molar-refractivity contribution is 5.98. The monoisotopic (exact) mass is 425 g/mol. The molecule has 1 aliphatic rings. The van der Waals surface area contributed by atoms with Gasteiger partial charge in [-0.3, -0.25) is 9.59 Å². The molecule has 1 saturated heterocycles. The summed E-state index contributed by atoms with van der Waals surface area (Å²) in [7, 11) is 0. The van der Waals surface area contributed by atoms with Crippen molar-refractivity contribution in [1.82, 2.24) is 24.5 Å². The van der Waals surface area contributed by atoms with Gasteiger partial charge in [-0.2, -0.15) is 4.68 Å². The second kappa shape index (κ2) is 8.63. The highest BCUT2D eigenvalue weighted by Gasteiger charge is 2.31. The Kier molecular flexibility index (Phi) is 5.37. The van der Waals surface area contributed by atoms with Crippen LogP contribution in [0.1, 0.15) is 33.7 Å². The van der Waals surface area contributed by atoms with E-state index in [2.05, 4.69) is 10.3 Å². The summed E-state index contributed by atoms with van der Waals surface area (Å²) in [5.74, 6) is 0.529. The zero-order valence-corrected chi connectivity index (χ0v) is 17.5. The Morgan fingerprint density at radius 1 is 0.812 bits per heavy atom. The third kappa shape index (κ3) is 3.73. The molecule has 2 aromatic carbocycles. The molecular weight excluding hydrogens is 402 g/mol. The van der Waals surface area contributed by atoms with Crippen LogP contribution in [0.5, 0.6) is 0 Å². The Hall–Kier alpha value is -4.00. The number of likely N-dealkylation sites (tertiary alicyclic amines) is 1. The first-order chi connectivity index (χ1) is 15.7. The molecule has 5 rings (SSSR count). The van der Waals surface area contributed by atoms with E-state index >= 15 is 0 Å². The van der Waals surface area contributed by atoms with Gasteiger partial charge in [0.05, 0.1) is 5.69 Å². The second-order valence-electron chi connectivity index (χ2n) is 7.90. The maximum atomic E-state index is 13.4. The number of amides is 1. The molecule has 160 valence electrons. The maximum absolute atomic E-state index is 13.4. The molecule has 1 amide bonds. The Balaban J connectivity index is 1.38. The largest absolute Gasteiger partial charge is 0.337 e. The fourth-order valence-corrected chi connectivity index (χ4v) is 4.20. The number of rotatable bonds is 5. The molecule has 32 heavy (non-hydrogen) atoms. The molecule has 0 unspecified atom stereocenters. The molecule has 7 heteroatoms. The molecule has 4 aromatic rings. The highest BCUT2D eigenvalue weighted by atomic mass is 16.2. The van der Waals surface area contributed by atoms with Crippen LogP contribution in [0.3, 0.4) is 0 Å². The van der Waals surface area contributed by atoms with Crippen molar-refractivity contribution in [2.75, 3.05) is 13.1 Å². The smallest absolute Gasteiger partial charge is 0.278 e. The number of nitrogens with zero attached hydrogens (tertiary/aromatic N) is 5. The van der Waals surface area contributed by atoms with Crippen molar-refractivity contribution >= 4 is 11.7 Å². The molecule has 2 aromatic heterocycles. The van der Waals surface area contributed by atoms with Crippen LogP contribution in [-0.4, -0.2) is 49.2 Å². The lowest BCUT2D eigenvalue weighted by atomic mass is 9.89. The number of para-hydroxylation sites is 1. The molecule has 0 atom stereocenters. The standard InChI is InChI=1S/C25H23N5O2/c31-23(19-9-3-1-4-10-19)20-13-17-29(18-14-20)25(32)22-24(28-15-7-8-16-28)30(27-26-22)21-11-5-2-6-12-21/h1-12,15-16,20H,13-14,17-18H2. The minimum absolute atomic E-state index is 0.0645. The quantitative estimate of drug-likeness (QED) is 0.456. The molecule has 3 heterocycles. The van der Waals surface area contributed by atoms with E-state index < -0.39 is 0 Å². The van der Waals surface area contributed by atoms with E-state index in [-0.39, 0.29) is 17.6 Å². The van der Waals surface area contributed by atoms with Crippen LogP contribution < -0.4 is 0 Å². The summed E-state index contributed by atoms with van der Waals surface area (Å²) < 4.78 is 3.53. The molecule has 7 nitrogen and oxygen atoms in total. The summed E-state index contributed by atoms with van der Waals surface area (Å²) in [6.45, 7) is 1.04. The van der Waals surface area contributed by atoms with Crippen molar-refractivity contribution in [2.24, 2.45) is 5.92 Å². The Labute approximate surface area is 185 Å². The van der Waals surface area contributed by atoms with Crippen LogP contribution in [0, 0.1) is 5.92 Å². The topological polar surface area (TPSA) is 73.0 Å². The lowest BCUT2D eigenvalue weighted by Crippen LogP contribution is -2.40. The summed E-state index contributed by atoms with van der Waals surface area (Å²) in [5.41, 5.74) is 1.87. The van der Waals surface area contributed by atoms with Crippen molar-refractivity contribution in [3.8, 4) is 11.5 Å². The van der Waals surface area contributed by atoms with Crippen LogP contribution in [0.2, 0.25) is 0 Å². The van der Waals surface area contributed by atoms with E-state index in [4.69, 9.17) is 0 Å². The number of carbonyl (C=O) groups excluding carboxylic acids is 2. The Morgan fingerprint density at radius 2 is 1.44 bits per heavy atom. The third-order valence-electron chi connectivity index (χ3n) is 5.91. The predicted octanol–water partition coefficient (Wildman–Crippen LogP) is 3.79. The van der Waals surface area contributed by atoms with Gasteiger partial charge < -0.3 is 9.47 Å². The number of carbonyl (C=O) groups is 2. The number of ketones is 1. The Morgan fingerprint density at radius 3 is 2.09 bits per heavy atom. The zero-order chi connectivity index (χ0) is 21.9. The van der Waals surface area contributed by atoms with Crippen LogP contribution in [0.15, 0.2) is 85.2 Å². The van der Waals surface area contributed by atoms with Gasteiger partial charge in [0.2, 0.25) is 0 Å². The fraction of sp³-hybridized carbons (Fsp3) is 0.200. The van der Waals surface area contributed by atoms with Crippen molar-refractivity contribution in [2.45, 2.75) is 12.8 Å². The minimum Gasteiger partial charge on any atom is -0.337 e. The van der Waals surface area contributed by atoms with Crippen molar-refractivity contribution < 1.29 is 9.59 Å². The summed E-state index contributed by atoms with van der Waals surface area (Å²) >= 11 is 0. The van der Waals surface area contributed by atoms with Gasteiger partial charge in [-0.15, -0.1) is 5.10 Å². The zero-order valence-electron chi connectivity index (χ0n) is 17.5. The van der Waals surface area contributed by atoms with E-state index in [0.29, 0.717) is 37.4 Å². The first kappa shape index (κ1) is 19.9. The van der Waals surface area contributed by atoms with Crippen molar-refractivity contribution in [3.63, 3.8) is 0 Å². The number of hydrogen-bond donors (Lipinski definition) is 0. The van der Waals surface area contributed by atoms with Crippen LogP contribution in [-0.2, 0) is 0 Å². The van der Waals surface area contributed by atoms with E-state index in [0.717, 1.165) is 11.3 Å². The Bertz CT molecular complexity index is 1210. The van der Waals surface area contributed by atoms with Crippen molar-refractivity contribution in [1.29, 1.82) is 0 Å². The molecule has 0 saturated carbocycles. The van der Waals surface area contributed by atoms with E-state index in [1.165, 1.54) is 0 Å². The molecule has 0 radical (unpaired) electrons. The number of hydrogen-bond acceptors (Lipinski definition) is 4. The first-order valence-electron chi connectivity index (χ1n) is 10.8. The lowest BCUT2D eigenvalue weighted by Gasteiger charge is -2.31. The maximum Gasteiger partial charge on any atom is 0.278 e. The predicted molar refractivity (Wildman–Crippen MR) is 120 cm³/mol. The van der Waals surface area contributed by atoms with Crippen LogP contribution in [0.25, 0.3) is 11.5 Å². The van der Waals surface area contributed by atoms with Crippen LogP contribution >= 0.6 is 0 Å². The number of Topliss-reactive ketones (excluding diaryl/α,β-unsaturated/α-hetero) is 1. The van der Waals surface area contributed by atoms with Crippen LogP contribution in [0.4, 0.5) is 0 Å². The SMILES string of the molecule is O=C(c1ccccc1)C1CCN(C(=O)c2nnn(-c3ccccc3)c2-n2cccc2)CC1. The number of aromatic nitrogens is 4. The van der Waals surface area contributed by atoms with Gasteiger partial charge in [0.1, 0.15) is 0 Å². The number of benzene rings is 2. The summed E-state index contributed by atoms with van der Waals surface area (Å²) in [6, 6.07) is 22.8. The average molecular weight is 425 g/mol. The molecular formula is C25H23N5O2. The van der Waals surface area contributed by atoms with Gasteiger partial charge in [0.25, 0.3) is 5.91 Å². The van der Waals surface area contributed by atoms with Gasteiger partial charge >= 0.3 is 0 Å². The summed E-state index contributed by atoms with van der Waals surface area (Å²) in [4.78, 5) is 28.0. The van der Waals surface area contributed by atoms with Gasteiger partial charge in [-0.1, -0.05) is 53.7 Å². The average Bonchev–Trinajstić information content (AvgIpc) is 3.54. The normalized spacial score (nSPS) is 14.4. The van der Waals surface area contributed by atoms with Gasteiger partial charge in [0.15, 0.2) is 17.3 Å². The molecule has 1 aliphatic heterocycles. The molecule has 0 bridgehead atoms. The molecule has 0 spiro atoms. The fourth-order valence-electron chi connectivity index (χ4n) is 4.20. The third-order valence-corrected chi connectivity index (χ3v) is 5.91. The van der Waals surface area contributed by atoms with Crippen molar-refractivity contribution in [3.05, 3.63) is 96.4 Å². The summed E-state index contributed by atoms with van der Waals surface area (Å²) in [6.07, 6.45) is 5.04. The first-order valence-corrected chi connectivity index (χ1v) is 10.8. The summed E-state index contributed by atoms with van der Waals surface area (Å²) in [5, 5.41) is 8.54. The van der Waals surface area contributed by atoms with E-state index in [1.54, 1.807) is 9.58 Å². The van der Waals surface area contributed by atoms with Gasteiger partial charge in [0, 0.05) is 37.0 Å². The second-order valence-corrected chi connectivity index (χ2v) is 7.90. The molecule has 0 N–H and O–H groups in total. The van der Waals surface area contributed by atoms with Gasteiger partial charge in [-0.05, 0) is 37.1 Å². The highest BCUT2D eigenvalue weighted by Crippen LogP contribution is 2.25. The number of piperidine rings is 1. The van der Waals surface area contributed by atoms with E-state index in [1.807, 2.05) is 89.8 Å². The molecule has 1 fully saturated rings. The lowest BCUT2D eigenvalue weighted by molar-refractivity contribution is 0.0645. The van der Waals surface area contributed by atoms with Gasteiger partial charge in [-0.25, -0.2) is 0 Å². The molecule has 0 aliphatic carbocycles. The minimum atomic E-state index is -0.165.